The molecule has 0 saturated heterocycles. The Kier molecular flexibility index (Phi) is 3.38. The van der Waals surface area contributed by atoms with Crippen LogP contribution in [0.25, 0.3) is 0 Å². The van der Waals surface area contributed by atoms with Crippen LogP contribution in [0.15, 0.2) is 23.1 Å². The molecule has 0 heterocycles. The molecule has 2 aliphatic rings. The van der Waals surface area contributed by atoms with Gasteiger partial charge in [-0.2, -0.15) is 0 Å². The van der Waals surface area contributed by atoms with Gasteiger partial charge in [0.05, 0.1) is 5.69 Å². The zero-order chi connectivity index (χ0) is 14.3. The van der Waals surface area contributed by atoms with Crippen LogP contribution in [0.1, 0.15) is 25.7 Å². The van der Waals surface area contributed by atoms with Gasteiger partial charge in [0, 0.05) is 12.2 Å². The van der Waals surface area contributed by atoms with E-state index in [2.05, 4.69) is 5.32 Å². The van der Waals surface area contributed by atoms with Gasteiger partial charge >= 0.3 is 0 Å². The number of hydrogen-bond acceptors (Lipinski definition) is 4. The van der Waals surface area contributed by atoms with Crippen LogP contribution in [0.3, 0.4) is 0 Å². The molecule has 20 heavy (non-hydrogen) atoms. The Hall–Kier alpha value is -1.27. The molecular formula is C14H21N3O2S. The number of primary sulfonamides is 1. The summed E-state index contributed by atoms with van der Waals surface area (Å²) in [4.78, 5) is -0.0102. The van der Waals surface area contributed by atoms with Crippen molar-refractivity contribution in [1.82, 2.24) is 0 Å². The van der Waals surface area contributed by atoms with Crippen molar-refractivity contribution < 1.29 is 8.42 Å². The number of nitrogens with one attached hydrogen (secondary N) is 1. The lowest BCUT2D eigenvalue weighted by molar-refractivity contribution is 0.428. The molecule has 5 N–H and O–H groups in total. The first-order valence-corrected chi connectivity index (χ1v) is 8.66. The summed E-state index contributed by atoms with van der Waals surface area (Å²) in [6.45, 7) is 0.948. The molecule has 0 bridgehead atoms. The molecule has 0 atom stereocenters. The number of nitrogens with two attached hydrogens (primary N) is 2. The molecule has 0 radical (unpaired) electrons. The summed E-state index contributed by atoms with van der Waals surface area (Å²) < 4.78 is 22.6. The third kappa shape index (κ3) is 3.07. The number of nitrogen functional groups attached to an aromatic ring is 1. The third-order valence-corrected chi connectivity index (χ3v) is 5.30. The molecule has 0 aromatic heterocycles. The van der Waals surface area contributed by atoms with Crippen LogP contribution in [0.4, 0.5) is 11.4 Å². The van der Waals surface area contributed by atoms with E-state index in [1.807, 2.05) is 0 Å². The molecule has 2 saturated carbocycles. The Morgan fingerprint density at radius 1 is 1.20 bits per heavy atom. The van der Waals surface area contributed by atoms with E-state index in [-0.39, 0.29) is 10.6 Å². The Balaban J connectivity index is 1.67. The van der Waals surface area contributed by atoms with Gasteiger partial charge in [0.15, 0.2) is 0 Å². The van der Waals surface area contributed by atoms with Gasteiger partial charge in [-0.3, -0.25) is 0 Å². The smallest absolute Gasteiger partial charge is 0.240 e. The van der Waals surface area contributed by atoms with Crippen molar-refractivity contribution in [2.75, 3.05) is 17.6 Å². The zero-order valence-electron chi connectivity index (χ0n) is 11.4. The van der Waals surface area contributed by atoms with Gasteiger partial charge in [0.1, 0.15) is 4.90 Å². The van der Waals surface area contributed by atoms with Crippen LogP contribution >= 0.6 is 0 Å². The van der Waals surface area contributed by atoms with Gasteiger partial charge in [-0.15, -0.1) is 0 Å². The minimum atomic E-state index is -3.74. The lowest BCUT2D eigenvalue weighted by Crippen LogP contribution is -2.19. The highest BCUT2D eigenvalue weighted by Gasteiger charge is 2.40. The molecule has 6 heteroatoms. The van der Waals surface area contributed by atoms with E-state index in [0.717, 1.165) is 30.0 Å². The second kappa shape index (κ2) is 4.93. The van der Waals surface area contributed by atoms with Gasteiger partial charge in [-0.05, 0) is 61.6 Å². The topological polar surface area (TPSA) is 98.2 Å². The summed E-state index contributed by atoms with van der Waals surface area (Å²) in [5.74, 6) is 2.53. The van der Waals surface area contributed by atoms with Crippen LogP contribution < -0.4 is 16.2 Å². The van der Waals surface area contributed by atoms with E-state index < -0.39 is 10.0 Å². The molecule has 110 valence electrons. The average Bonchev–Trinajstić information content (AvgIpc) is 3.22. The Morgan fingerprint density at radius 3 is 2.25 bits per heavy atom. The maximum absolute atomic E-state index is 11.3. The van der Waals surface area contributed by atoms with Gasteiger partial charge in [-0.25, -0.2) is 13.6 Å². The van der Waals surface area contributed by atoms with Crippen molar-refractivity contribution in [3.63, 3.8) is 0 Å². The number of hydrogen-bond donors (Lipinski definition) is 3. The van der Waals surface area contributed by atoms with Gasteiger partial charge < -0.3 is 11.1 Å². The number of sulfonamides is 1. The maximum Gasteiger partial charge on any atom is 0.240 e. The number of rotatable bonds is 6. The van der Waals surface area contributed by atoms with Crippen LogP contribution in [0.5, 0.6) is 0 Å². The molecule has 2 fully saturated rings. The quantitative estimate of drug-likeness (QED) is 0.696. The largest absolute Gasteiger partial charge is 0.398 e. The van der Waals surface area contributed by atoms with Crippen LogP contribution in [0.2, 0.25) is 0 Å². The zero-order valence-corrected chi connectivity index (χ0v) is 12.2. The van der Waals surface area contributed by atoms with Crippen molar-refractivity contribution in [2.45, 2.75) is 30.6 Å². The van der Waals surface area contributed by atoms with E-state index in [1.54, 1.807) is 12.1 Å². The van der Waals surface area contributed by atoms with E-state index in [4.69, 9.17) is 10.9 Å². The van der Waals surface area contributed by atoms with Crippen molar-refractivity contribution in [3.8, 4) is 0 Å². The molecule has 0 unspecified atom stereocenters. The summed E-state index contributed by atoms with van der Waals surface area (Å²) >= 11 is 0. The molecular weight excluding hydrogens is 274 g/mol. The normalized spacial score (nSPS) is 19.3. The highest BCUT2D eigenvalue weighted by molar-refractivity contribution is 7.89. The predicted molar refractivity (Wildman–Crippen MR) is 79.7 cm³/mol. The Bertz CT molecular complexity index is 595. The molecule has 3 rings (SSSR count). The summed E-state index contributed by atoms with van der Waals surface area (Å²) in [6, 6.07) is 4.85. The summed E-state index contributed by atoms with van der Waals surface area (Å²) in [7, 11) is -3.74. The second-order valence-electron chi connectivity index (χ2n) is 6.02. The van der Waals surface area contributed by atoms with E-state index in [0.29, 0.717) is 0 Å². The van der Waals surface area contributed by atoms with Crippen molar-refractivity contribution in [1.29, 1.82) is 0 Å². The van der Waals surface area contributed by atoms with Crippen molar-refractivity contribution in [2.24, 2.45) is 22.9 Å². The first-order valence-electron chi connectivity index (χ1n) is 7.11. The minimum Gasteiger partial charge on any atom is -0.398 e. The fraction of sp³-hybridized carbons (Fsp3) is 0.571. The van der Waals surface area contributed by atoms with Crippen LogP contribution in [-0.4, -0.2) is 15.0 Å². The fourth-order valence-electron chi connectivity index (χ4n) is 2.92. The molecule has 0 spiro atoms. The molecule has 5 nitrogen and oxygen atoms in total. The first-order chi connectivity index (χ1) is 9.45. The second-order valence-corrected chi connectivity index (χ2v) is 7.55. The third-order valence-electron chi connectivity index (χ3n) is 4.31. The predicted octanol–water partition coefficient (Wildman–Crippen LogP) is 1.76. The van der Waals surface area contributed by atoms with Gasteiger partial charge in [0.2, 0.25) is 10.0 Å². The van der Waals surface area contributed by atoms with E-state index >= 15 is 0 Å². The SMILES string of the molecule is Nc1cc(NCC(C2CC2)C2CC2)ccc1S(N)(=O)=O. The molecule has 1 aromatic carbocycles. The fourth-order valence-corrected chi connectivity index (χ4v) is 3.57. The van der Waals surface area contributed by atoms with E-state index in [1.165, 1.54) is 31.7 Å². The summed E-state index contributed by atoms with van der Waals surface area (Å²) in [5, 5.41) is 8.49. The standard InChI is InChI=1S/C14H21N3O2S/c15-13-7-11(5-6-14(13)20(16,18)19)17-8-12(9-1-2-9)10-3-4-10/h5-7,9-10,12,17H,1-4,8,15H2,(H2,16,18,19). The number of anilines is 2. The number of benzene rings is 1. The van der Waals surface area contributed by atoms with Crippen molar-refractivity contribution in [3.05, 3.63) is 18.2 Å². The highest BCUT2D eigenvalue weighted by Crippen LogP contribution is 2.49. The molecule has 2 aliphatic carbocycles. The monoisotopic (exact) mass is 295 g/mol. The summed E-state index contributed by atoms with van der Waals surface area (Å²) in [5.41, 5.74) is 6.82. The van der Waals surface area contributed by atoms with E-state index in [9.17, 15) is 8.42 Å². The van der Waals surface area contributed by atoms with Crippen LogP contribution in [0, 0.1) is 17.8 Å². The molecule has 0 aliphatic heterocycles. The summed E-state index contributed by atoms with van der Waals surface area (Å²) in [6.07, 6.45) is 5.43. The van der Waals surface area contributed by atoms with Gasteiger partial charge in [0.25, 0.3) is 0 Å². The highest BCUT2D eigenvalue weighted by atomic mass is 32.2. The van der Waals surface area contributed by atoms with Crippen molar-refractivity contribution >= 4 is 21.4 Å². The maximum atomic E-state index is 11.3. The Morgan fingerprint density at radius 2 is 1.80 bits per heavy atom. The van der Waals surface area contributed by atoms with Crippen LogP contribution in [-0.2, 0) is 10.0 Å². The average molecular weight is 295 g/mol. The molecule has 0 amide bonds. The van der Waals surface area contributed by atoms with Gasteiger partial charge in [-0.1, -0.05) is 0 Å². The molecule has 1 aromatic rings. The first kappa shape index (κ1) is 13.7. The lowest BCUT2D eigenvalue weighted by Gasteiger charge is -2.17. The minimum absolute atomic E-state index is 0.0102. The Labute approximate surface area is 119 Å². The lowest BCUT2D eigenvalue weighted by atomic mass is 9.98.